The summed E-state index contributed by atoms with van der Waals surface area (Å²) in [4.78, 5) is 12.5. The van der Waals surface area contributed by atoms with Gasteiger partial charge in [-0.05, 0) is 52.8 Å². The fourth-order valence-corrected chi connectivity index (χ4v) is 2.16. The SMILES string of the molecule is C=C(C)[C@H](C)N(O[Si](C)(C)C(C)(C)C)C(=O)OC(C)(C)C. The van der Waals surface area contributed by atoms with Crippen molar-refractivity contribution in [3.05, 3.63) is 12.2 Å². The highest BCUT2D eigenvalue weighted by atomic mass is 28.4. The highest BCUT2D eigenvalue weighted by Crippen LogP contribution is 2.38. The number of carbonyl (C=O) groups excluding carboxylic acids is 1. The first-order valence-electron chi connectivity index (χ1n) is 7.45. The predicted molar refractivity (Wildman–Crippen MR) is 90.6 cm³/mol. The second kappa shape index (κ2) is 6.52. The van der Waals surface area contributed by atoms with Crippen molar-refractivity contribution in [1.29, 1.82) is 0 Å². The summed E-state index contributed by atoms with van der Waals surface area (Å²) >= 11 is 0. The van der Waals surface area contributed by atoms with E-state index in [1.807, 2.05) is 34.6 Å². The molecule has 0 N–H and O–H groups in total. The minimum atomic E-state index is -2.13. The van der Waals surface area contributed by atoms with Gasteiger partial charge in [0.15, 0.2) is 0 Å². The van der Waals surface area contributed by atoms with Crippen LogP contribution >= 0.6 is 0 Å². The van der Waals surface area contributed by atoms with Crippen molar-refractivity contribution in [3.8, 4) is 0 Å². The number of hydroxylamine groups is 2. The fraction of sp³-hybridized carbons (Fsp3) is 0.812. The van der Waals surface area contributed by atoms with E-state index < -0.39 is 20.0 Å². The zero-order valence-electron chi connectivity index (χ0n) is 15.5. The lowest BCUT2D eigenvalue weighted by atomic mass is 10.2. The van der Waals surface area contributed by atoms with Gasteiger partial charge in [0.25, 0.3) is 0 Å². The number of carbonyl (C=O) groups is 1. The first kappa shape index (κ1) is 20.2. The number of hydrogen-bond acceptors (Lipinski definition) is 3. The molecule has 124 valence electrons. The van der Waals surface area contributed by atoms with Gasteiger partial charge in [0, 0.05) is 0 Å². The van der Waals surface area contributed by atoms with E-state index in [1.165, 1.54) is 5.06 Å². The van der Waals surface area contributed by atoms with Crippen LogP contribution in [0.3, 0.4) is 0 Å². The molecule has 0 saturated heterocycles. The van der Waals surface area contributed by atoms with Crippen LogP contribution < -0.4 is 0 Å². The van der Waals surface area contributed by atoms with Crippen molar-refractivity contribution in [2.75, 3.05) is 0 Å². The molecule has 0 rings (SSSR count). The number of amides is 1. The molecule has 0 aliphatic rings. The third-order valence-electron chi connectivity index (χ3n) is 3.77. The summed E-state index contributed by atoms with van der Waals surface area (Å²) < 4.78 is 11.6. The number of nitrogens with zero attached hydrogens (tertiary/aromatic N) is 1. The Balaban J connectivity index is 5.36. The Morgan fingerprint density at radius 2 is 1.57 bits per heavy atom. The van der Waals surface area contributed by atoms with E-state index >= 15 is 0 Å². The van der Waals surface area contributed by atoms with E-state index in [4.69, 9.17) is 9.26 Å². The maximum Gasteiger partial charge on any atom is 0.434 e. The highest BCUT2D eigenvalue weighted by Gasteiger charge is 2.42. The quantitative estimate of drug-likeness (QED) is 0.410. The van der Waals surface area contributed by atoms with Crippen LogP contribution in [0.15, 0.2) is 12.2 Å². The van der Waals surface area contributed by atoms with Crippen LogP contribution in [0.1, 0.15) is 55.4 Å². The van der Waals surface area contributed by atoms with Gasteiger partial charge in [0.2, 0.25) is 8.32 Å². The Hall–Kier alpha value is -0.813. The van der Waals surface area contributed by atoms with Crippen molar-refractivity contribution in [1.82, 2.24) is 5.06 Å². The topological polar surface area (TPSA) is 38.8 Å². The zero-order chi connectivity index (χ0) is 17.2. The Labute approximate surface area is 131 Å². The Morgan fingerprint density at radius 3 is 1.86 bits per heavy atom. The van der Waals surface area contributed by atoms with E-state index in [-0.39, 0.29) is 11.1 Å². The molecule has 0 fully saturated rings. The van der Waals surface area contributed by atoms with Gasteiger partial charge in [-0.2, -0.15) is 5.06 Å². The van der Waals surface area contributed by atoms with Crippen LogP contribution in [0.2, 0.25) is 18.1 Å². The average Bonchev–Trinajstić information content (AvgIpc) is 2.20. The van der Waals surface area contributed by atoms with Gasteiger partial charge in [-0.1, -0.05) is 32.9 Å². The van der Waals surface area contributed by atoms with E-state index in [0.29, 0.717) is 0 Å². The number of hydrogen-bond donors (Lipinski definition) is 0. The number of ether oxygens (including phenoxy) is 1. The smallest absolute Gasteiger partial charge is 0.434 e. The van der Waals surface area contributed by atoms with E-state index in [2.05, 4.69) is 40.4 Å². The Morgan fingerprint density at radius 1 is 1.14 bits per heavy atom. The first-order valence-corrected chi connectivity index (χ1v) is 10.4. The van der Waals surface area contributed by atoms with Gasteiger partial charge in [0.05, 0.1) is 6.04 Å². The highest BCUT2D eigenvalue weighted by molar-refractivity contribution is 6.74. The molecule has 0 saturated carbocycles. The molecule has 0 heterocycles. The monoisotopic (exact) mass is 315 g/mol. The first-order chi connectivity index (χ1) is 9.08. The Bertz CT molecular complexity index is 391. The summed E-state index contributed by atoms with van der Waals surface area (Å²) in [7, 11) is -2.13. The normalized spacial score (nSPS) is 14.6. The maximum atomic E-state index is 12.5. The minimum Gasteiger partial charge on any atom is -0.442 e. The third kappa shape index (κ3) is 6.22. The van der Waals surface area contributed by atoms with Gasteiger partial charge in [-0.3, -0.25) is 0 Å². The molecule has 0 aromatic carbocycles. The maximum absolute atomic E-state index is 12.5. The van der Waals surface area contributed by atoms with E-state index in [1.54, 1.807) is 0 Å². The lowest BCUT2D eigenvalue weighted by Gasteiger charge is -2.41. The molecule has 0 unspecified atom stereocenters. The summed E-state index contributed by atoms with van der Waals surface area (Å²) in [6, 6.07) is -0.228. The zero-order valence-corrected chi connectivity index (χ0v) is 16.5. The standard InChI is InChI=1S/C16H33NO3Si/c1-12(2)13(3)17(14(18)19-15(4,5)6)20-21(10,11)16(7,8)9/h13H,1H2,2-11H3/t13-/m0/s1. The van der Waals surface area contributed by atoms with Crippen molar-refractivity contribution >= 4 is 14.4 Å². The molecule has 0 spiro atoms. The molecule has 21 heavy (non-hydrogen) atoms. The van der Waals surface area contributed by atoms with Crippen LogP contribution in [0.25, 0.3) is 0 Å². The van der Waals surface area contributed by atoms with Crippen molar-refractivity contribution in [2.24, 2.45) is 0 Å². The van der Waals surface area contributed by atoms with Crippen LogP contribution in [0, 0.1) is 0 Å². The van der Waals surface area contributed by atoms with Crippen LogP contribution in [0.4, 0.5) is 4.79 Å². The van der Waals surface area contributed by atoms with Gasteiger partial charge >= 0.3 is 6.09 Å². The second-order valence-electron chi connectivity index (χ2n) is 8.18. The van der Waals surface area contributed by atoms with Crippen molar-refractivity contribution in [2.45, 2.75) is 85.2 Å². The van der Waals surface area contributed by atoms with E-state index in [0.717, 1.165) is 5.57 Å². The molecule has 5 heteroatoms. The van der Waals surface area contributed by atoms with Crippen molar-refractivity contribution < 1.29 is 14.1 Å². The molecule has 0 aliphatic carbocycles. The molecule has 0 bridgehead atoms. The molecule has 4 nitrogen and oxygen atoms in total. The molecule has 0 aliphatic heterocycles. The van der Waals surface area contributed by atoms with E-state index in [9.17, 15) is 4.79 Å². The lowest BCUT2D eigenvalue weighted by Crippen LogP contribution is -2.52. The fourth-order valence-electron chi connectivity index (χ4n) is 1.16. The van der Waals surface area contributed by atoms with Crippen LogP contribution in [0.5, 0.6) is 0 Å². The second-order valence-corrected chi connectivity index (χ2v) is 12.9. The molecular weight excluding hydrogens is 282 g/mol. The minimum absolute atomic E-state index is 0.00204. The average molecular weight is 316 g/mol. The van der Waals surface area contributed by atoms with Crippen molar-refractivity contribution in [3.63, 3.8) is 0 Å². The lowest BCUT2D eigenvalue weighted by molar-refractivity contribution is -0.0958. The molecule has 1 amide bonds. The molecule has 1 atom stereocenters. The summed E-state index contributed by atoms with van der Waals surface area (Å²) in [5.74, 6) is 0. The Kier molecular flexibility index (Phi) is 6.27. The summed E-state index contributed by atoms with van der Waals surface area (Å²) in [5, 5.41) is 1.37. The summed E-state index contributed by atoms with van der Waals surface area (Å²) in [6.07, 6.45) is -0.456. The van der Waals surface area contributed by atoms with Gasteiger partial charge < -0.3 is 9.26 Å². The molecule has 0 aromatic heterocycles. The largest absolute Gasteiger partial charge is 0.442 e. The third-order valence-corrected chi connectivity index (χ3v) is 8.04. The summed E-state index contributed by atoms with van der Waals surface area (Å²) in [6.45, 7) is 23.9. The van der Waals surface area contributed by atoms with Gasteiger partial charge in [0.1, 0.15) is 5.60 Å². The van der Waals surface area contributed by atoms with Crippen LogP contribution in [-0.2, 0) is 9.26 Å². The molecular formula is C16H33NO3Si. The summed E-state index contributed by atoms with van der Waals surface area (Å²) in [5.41, 5.74) is 0.306. The predicted octanol–water partition coefficient (Wildman–Crippen LogP) is 5.12. The number of rotatable bonds is 4. The van der Waals surface area contributed by atoms with Gasteiger partial charge in [-0.25, -0.2) is 4.79 Å². The molecule has 0 radical (unpaired) electrons. The van der Waals surface area contributed by atoms with Gasteiger partial charge in [-0.15, -0.1) is 0 Å². The molecule has 0 aromatic rings. The van der Waals surface area contributed by atoms with Crippen LogP contribution in [-0.4, -0.2) is 31.1 Å².